The Morgan fingerprint density at radius 3 is 2.36 bits per heavy atom. The zero-order valence-electron chi connectivity index (χ0n) is 4.97. The lowest BCUT2D eigenvalue weighted by Crippen LogP contribution is -1.90. The van der Waals surface area contributed by atoms with E-state index in [1.807, 2.05) is 0 Å². The predicted molar refractivity (Wildman–Crippen MR) is 54.5 cm³/mol. The van der Waals surface area contributed by atoms with Gasteiger partial charge in [-0.05, 0) is 60.5 Å². The van der Waals surface area contributed by atoms with Gasteiger partial charge in [0.1, 0.15) is 5.82 Å². The van der Waals surface area contributed by atoms with Crippen LogP contribution in [-0.4, -0.2) is 0 Å². The van der Waals surface area contributed by atoms with Gasteiger partial charge >= 0.3 is 0 Å². The summed E-state index contributed by atoms with van der Waals surface area (Å²) in [6.07, 6.45) is 0. The Balaban J connectivity index is 3.46. The number of halogens is 5. The van der Waals surface area contributed by atoms with Gasteiger partial charge in [-0.1, -0.05) is 0 Å². The summed E-state index contributed by atoms with van der Waals surface area (Å²) in [5, 5.41) is 0. The van der Waals surface area contributed by atoms with Crippen LogP contribution in [-0.2, 0) is 0 Å². The Morgan fingerprint density at radius 1 is 1.27 bits per heavy atom. The highest BCUT2D eigenvalue weighted by atomic mass is 127. The first-order chi connectivity index (χ1) is 5.04. The van der Waals surface area contributed by atoms with Gasteiger partial charge in [-0.25, -0.2) is 8.78 Å². The van der Waals surface area contributed by atoms with Gasteiger partial charge in [-0.15, -0.1) is 0 Å². The molecular formula is C6HBr2F2I. The highest BCUT2D eigenvalue weighted by Gasteiger charge is 2.12. The first kappa shape index (κ1) is 9.85. The van der Waals surface area contributed by atoms with Crippen LogP contribution in [0.1, 0.15) is 0 Å². The highest BCUT2D eigenvalue weighted by Crippen LogP contribution is 2.30. The molecule has 60 valence electrons. The summed E-state index contributed by atoms with van der Waals surface area (Å²) in [7, 11) is 0. The van der Waals surface area contributed by atoms with Gasteiger partial charge in [0.25, 0.3) is 0 Å². The summed E-state index contributed by atoms with van der Waals surface area (Å²) in [5.74, 6) is -1.13. The van der Waals surface area contributed by atoms with E-state index in [0.29, 0.717) is 4.47 Å². The van der Waals surface area contributed by atoms with Crippen molar-refractivity contribution >= 4 is 54.5 Å². The number of benzene rings is 1. The normalized spacial score (nSPS) is 10.3. The molecule has 0 spiro atoms. The smallest absolute Gasteiger partial charge is 0.154 e. The molecule has 0 bridgehead atoms. The van der Waals surface area contributed by atoms with Crippen LogP contribution in [0.5, 0.6) is 0 Å². The van der Waals surface area contributed by atoms with Crippen LogP contribution in [0.25, 0.3) is 0 Å². The maximum absolute atomic E-state index is 12.9. The summed E-state index contributed by atoms with van der Waals surface area (Å²) in [5.41, 5.74) is 0. The van der Waals surface area contributed by atoms with Crippen LogP contribution >= 0.6 is 54.5 Å². The van der Waals surface area contributed by atoms with Crippen molar-refractivity contribution in [3.8, 4) is 0 Å². The molecule has 0 radical (unpaired) electrons. The average molecular weight is 398 g/mol. The second kappa shape index (κ2) is 3.66. The van der Waals surface area contributed by atoms with Crippen LogP contribution in [0.4, 0.5) is 8.78 Å². The van der Waals surface area contributed by atoms with E-state index in [4.69, 9.17) is 0 Å². The third-order valence-corrected chi connectivity index (χ3v) is 3.98. The molecule has 0 nitrogen and oxygen atoms in total. The number of rotatable bonds is 0. The Bertz CT molecular complexity index is 275. The lowest BCUT2D eigenvalue weighted by molar-refractivity contribution is 0.564. The van der Waals surface area contributed by atoms with Crippen molar-refractivity contribution in [1.29, 1.82) is 0 Å². The molecule has 0 fully saturated rings. The van der Waals surface area contributed by atoms with E-state index >= 15 is 0 Å². The molecular weight excluding hydrogens is 397 g/mol. The minimum Gasteiger partial charge on any atom is -0.206 e. The van der Waals surface area contributed by atoms with E-state index in [-0.39, 0.29) is 8.04 Å². The molecule has 5 heteroatoms. The van der Waals surface area contributed by atoms with E-state index < -0.39 is 11.6 Å². The van der Waals surface area contributed by atoms with E-state index in [9.17, 15) is 8.78 Å². The third-order valence-electron chi connectivity index (χ3n) is 1.06. The molecule has 0 unspecified atom stereocenters. The number of hydrogen-bond acceptors (Lipinski definition) is 0. The zero-order chi connectivity index (χ0) is 8.59. The molecule has 1 rings (SSSR count). The number of hydrogen-bond donors (Lipinski definition) is 0. The molecule has 0 atom stereocenters. The van der Waals surface area contributed by atoms with Crippen LogP contribution in [0.3, 0.4) is 0 Å². The molecule has 0 N–H and O–H groups in total. The first-order valence-corrected chi connectivity index (χ1v) is 5.19. The van der Waals surface area contributed by atoms with Crippen LogP contribution < -0.4 is 0 Å². The van der Waals surface area contributed by atoms with Crippen molar-refractivity contribution in [3.63, 3.8) is 0 Å². The molecule has 0 saturated heterocycles. The predicted octanol–water partition coefficient (Wildman–Crippen LogP) is 4.09. The van der Waals surface area contributed by atoms with Crippen LogP contribution in [0.2, 0.25) is 0 Å². The quantitative estimate of drug-likeness (QED) is 0.351. The average Bonchev–Trinajstić information content (AvgIpc) is 1.97. The van der Waals surface area contributed by atoms with Gasteiger partial charge in [0.2, 0.25) is 0 Å². The summed E-state index contributed by atoms with van der Waals surface area (Å²) >= 11 is 7.58. The Labute approximate surface area is 92.8 Å². The van der Waals surface area contributed by atoms with Gasteiger partial charge < -0.3 is 0 Å². The summed E-state index contributed by atoms with van der Waals surface area (Å²) < 4.78 is 26.3. The standard InChI is InChI=1S/C6HBr2F2I/c7-2-1-3(9)6(11)5(10)4(2)8/h1H. The van der Waals surface area contributed by atoms with Crippen LogP contribution in [0.15, 0.2) is 15.0 Å². The molecule has 11 heavy (non-hydrogen) atoms. The lowest BCUT2D eigenvalue weighted by Gasteiger charge is -2.01. The minimum atomic E-state index is -0.572. The fourth-order valence-corrected chi connectivity index (χ4v) is 2.03. The largest absolute Gasteiger partial charge is 0.206 e. The zero-order valence-corrected chi connectivity index (χ0v) is 10.3. The molecule has 0 aliphatic carbocycles. The van der Waals surface area contributed by atoms with Gasteiger partial charge in [-0.2, -0.15) is 0 Å². The van der Waals surface area contributed by atoms with Gasteiger partial charge in [0.15, 0.2) is 5.82 Å². The summed E-state index contributed by atoms with van der Waals surface area (Å²) in [4.78, 5) is 0. The fraction of sp³-hybridized carbons (Fsp3) is 0. The van der Waals surface area contributed by atoms with Gasteiger partial charge in [-0.3, -0.25) is 0 Å². The van der Waals surface area contributed by atoms with E-state index in [1.54, 1.807) is 22.6 Å². The lowest BCUT2D eigenvalue weighted by atomic mass is 10.3. The third kappa shape index (κ3) is 1.92. The minimum absolute atomic E-state index is 0.00215. The molecule has 0 aliphatic heterocycles. The molecule has 0 aromatic heterocycles. The Hall–Kier alpha value is 0.770. The Kier molecular flexibility index (Phi) is 3.27. The highest BCUT2D eigenvalue weighted by molar-refractivity contribution is 14.1. The maximum atomic E-state index is 12.9. The molecule has 0 saturated carbocycles. The maximum Gasteiger partial charge on any atom is 0.154 e. The molecule has 0 amide bonds. The second-order valence-electron chi connectivity index (χ2n) is 1.78. The van der Waals surface area contributed by atoms with Crippen molar-refractivity contribution in [2.24, 2.45) is 0 Å². The van der Waals surface area contributed by atoms with Crippen molar-refractivity contribution in [3.05, 3.63) is 30.2 Å². The second-order valence-corrected chi connectivity index (χ2v) is 4.51. The molecule has 0 aliphatic rings. The monoisotopic (exact) mass is 396 g/mol. The first-order valence-electron chi connectivity index (χ1n) is 2.52. The molecule has 1 aromatic rings. The van der Waals surface area contributed by atoms with Gasteiger partial charge in [0.05, 0.1) is 8.04 Å². The molecule has 1 aromatic carbocycles. The SMILES string of the molecule is Fc1cc(Br)c(Br)c(F)c1I. The summed E-state index contributed by atoms with van der Waals surface area (Å²) in [6.45, 7) is 0. The van der Waals surface area contributed by atoms with E-state index in [0.717, 1.165) is 0 Å². The Morgan fingerprint density at radius 2 is 1.82 bits per heavy atom. The van der Waals surface area contributed by atoms with Crippen molar-refractivity contribution in [1.82, 2.24) is 0 Å². The van der Waals surface area contributed by atoms with Crippen LogP contribution in [0, 0.1) is 15.2 Å². The van der Waals surface area contributed by atoms with Crippen molar-refractivity contribution in [2.45, 2.75) is 0 Å². The van der Waals surface area contributed by atoms with Crippen molar-refractivity contribution < 1.29 is 8.78 Å². The van der Waals surface area contributed by atoms with Gasteiger partial charge in [0, 0.05) is 4.47 Å². The topological polar surface area (TPSA) is 0 Å². The summed E-state index contributed by atoms with van der Waals surface area (Å²) in [6, 6.07) is 1.22. The van der Waals surface area contributed by atoms with E-state index in [1.165, 1.54) is 6.07 Å². The van der Waals surface area contributed by atoms with E-state index in [2.05, 4.69) is 31.9 Å². The van der Waals surface area contributed by atoms with Crippen molar-refractivity contribution in [2.75, 3.05) is 0 Å². The fourth-order valence-electron chi connectivity index (χ4n) is 0.544. The molecule has 0 heterocycles.